The molecule has 21 heavy (non-hydrogen) atoms. The molecule has 4 heteroatoms. The fraction of sp³-hybridized carbons (Fsp3) is 0.647. The molecule has 0 atom stereocenters. The van der Waals surface area contributed by atoms with Gasteiger partial charge in [-0.2, -0.15) is 0 Å². The Labute approximate surface area is 128 Å². The molecule has 118 valence electrons. The Morgan fingerprint density at radius 3 is 2.62 bits per heavy atom. The minimum atomic E-state index is 0.304. The highest BCUT2D eigenvalue weighted by atomic mass is 16.5. The van der Waals surface area contributed by atoms with Crippen molar-refractivity contribution < 1.29 is 9.47 Å². The number of nitrogens with zero attached hydrogens (tertiary/aromatic N) is 1. The van der Waals surface area contributed by atoms with Crippen LogP contribution in [0.5, 0.6) is 11.5 Å². The number of methoxy groups -OCH3 is 1. The van der Waals surface area contributed by atoms with E-state index in [0.717, 1.165) is 63.2 Å². The fourth-order valence-corrected chi connectivity index (χ4v) is 2.72. The van der Waals surface area contributed by atoms with Crippen molar-refractivity contribution in [2.24, 2.45) is 5.73 Å². The van der Waals surface area contributed by atoms with E-state index >= 15 is 0 Å². The molecular weight excluding hydrogens is 264 g/mol. The lowest BCUT2D eigenvalue weighted by molar-refractivity contribution is 0.111. The molecule has 0 aliphatic carbocycles. The highest BCUT2D eigenvalue weighted by Crippen LogP contribution is 2.31. The molecule has 1 heterocycles. The van der Waals surface area contributed by atoms with Gasteiger partial charge in [-0.05, 0) is 63.4 Å². The van der Waals surface area contributed by atoms with Gasteiger partial charge in [0.05, 0.1) is 7.11 Å². The molecule has 0 saturated carbocycles. The average Bonchev–Trinajstić information content (AvgIpc) is 2.51. The van der Waals surface area contributed by atoms with Crippen LogP contribution in [0.25, 0.3) is 0 Å². The Hall–Kier alpha value is -1.26. The normalized spacial score (nSPS) is 16.9. The van der Waals surface area contributed by atoms with Crippen LogP contribution in [0.15, 0.2) is 18.2 Å². The van der Waals surface area contributed by atoms with Crippen LogP contribution in [0.2, 0.25) is 0 Å². The van der Waals surface area contributed by atoms with Gasteiger partial charge in [-0.25, -0.2) is 0 Å². The second-order valence-corrected chi connectivity index (χ2v) is 5.85. The van der Waals surface area contributed by atoms with Gasteiger partial charge >= 0.3 is 0 Å². The van der Waals surface area contributed by atoms with E-state index in [1.54, 1.807) is 7.11 Å². The minimum Gasteiger partial charge on any atom is -0.493 e. The lowest BCUT2D eigenvalue weighted by Crippen LogP contribution is -2.35. The summed E-state index contributed by atoms with van der Waals surface area (Å²) in [6, 6.07) is 6.29. The average molecular weight is 292 g/mol. The first-order chi connectivity index (χ1) is 10.2. The maximum absolute atomic E-state index is 6.13. The molecule has 0 bridgehead atoms. The molecule has 1 aromatic carbocycles. The van der Waals surface area contributed by atoms with E-state index in [0.29, 0.717) is 6.10 Å². The second kappa shape index (κ2) is 8.25. The summed E-state index contributed by atoms with van der Waals surface area (Å²) in [5.74, 6) is 1.72. The quantitative estimate of drug-likeness (QED) is 0.784. The number of aryl methyl sites for hydroxylation is 1. The van der Waals surface area contributed by atoms with E-state index in [-0.39, 0.29) is 0 Å². The third-order valence-electron chi connectivity index (χ3n) is 4.11. The molecule has 0 aromatic heterocycles. The number of piperidine rings is 1. The van der Waals surface area contributed by atoms with Gasteiger partial charge < -0.3 is 20.1 Å². The van der Waals surface area contributed by atoms with Crippen LogP contribution in [0, 0.1) is 0 Å². The second-order valence-electron chi connectivity index (χ2n) is 5.85. The predicted octanol–water partition coefficient (Wildman–Crippen LogP) is 2.45. The maximum atomic E-state index is 6.13. The van der Waals surface area contributed by atoms with E-state index in [9.17, 15) is 0 Å². The Kier molecular flexibility index (Phi) is 6.33. The van der Waals surface area contributed by atoms with Gasteiger partial charge in [0.1, 0.15) is 6.10 Å². The number of nitrogens with two attached hydrogens (primary N) is 1. The monoisotopic (exact) mass is 292 g/mol. The van der Waals surface area contributed by atoms with Crippen LogP contribution in [0.1, 0.15) is 31.2 Å². The molecule has 1 fully saturated rings. The number of benzene rings is 1. The Morgan fingerprint density at radius 1 is 1.19 bits per heavy atom. The summed E-state index contributed by atoms with van der Waals surface area (Å²) < 4.78 is 11.6. The molecular formula is C17H28N2O2. The third kappa shape index (κ3) is 4.90. The summed E-state index contributed by atoms with van der Waals surface area (Å²) in [7, 11) is 3.87. The number of likely N-dealkylation sites (tertiary alicyclic amines) is 1. The zero-order valence-electron chi connectivity index (χ0n) is 13.3. The van der Waals surface area contributed by atoms with E-state index in [1.807, 2.05) is 0 Å². The van der Waals surface area contributed by atoms with Crippen LogP contribution in [-0.4, -0.2) is 44.8 Å². The van der Waals surface area contributed by atoms with E-state index in [1.165, 1.54) is 5.56 Å². The van der Waals surface area contributed by atoms with Gasteiger partial charge in [0, 0.05) is 13.1 Å². The number of hydrogen-bond acceptors (Lipinski definition) is 4. The third-order valence-corrected chi connectivity index (χ3v) is 4.11. The number of unbranched alkanes of at least 4 members (excludes halogenated alkanes) is 1. The molecule has 0 amide bonds. The van der Waals surface area contributed by atoms with Crippen molar-refractivity contribution in [1.82, 2.24) is 4.90 Å². The highest BCUT2D eigenvalue weighted by Gasteiger charge is 2.19. The van der Waals surface area contributed by atoms with Crippen molar-refractivity contribution in [3.8, 4) is 11.5 Å². The molecule has 1 aromatic rings. The number of hydrogen-bond donors (Lipinski definition) is 1. The molecule has 2 N–H and O–H groups in total. The SMILES string of the molecule is COc1cc(CCCCN)ccc1OC1CCN(C)CC1. The van der Waals surface area contributed by atoms with Crippen LogP contribution in [0.4, 0.5) is 0 Å². The van der Waals surface area contributed by atoms with Crippen LogP contribution in [0.3, 0.4) is 0 Å². The van der Waals surface area contributed by atoms with Crippen molar-refractivity contribution in [3.63, 3.8) is 0 Å². The summed E-state index contributed by atoms with van der Waals surface area (Å²) in [5.41, 5.74) is 6.83. The van der Waals surface area contributed by atoms with E-state index < -0.39 is 0 Å². The molecule has 0 spiro atoms. The Balaban J connectivity index is 1.95. The number of rotatable bonds is 7. The summed E-state index contributed by atoms with van der Waals surface area (Å²) in [5, 5.41) is 0. The first kappa shape index (κ1) is 16.1. The first-order valence-corrected chi connectivity index (χ1v) is 7.95. The molecule has 4 nitrogen and oxygen atoms in total. The summed E-state index contributed by atoms with van der Waals surface area (Å²) in [4.78, 5) is 2.34. The molecule has 0 radical (unpaired) electrons. The van der Waals surface area contributed by atoms with Crippen LogP contribution < -0.4 is 15.2 Å². The van der Waals surface area contributed by atoms with Gasteiger partial charge in [-0.3, -0.25) is 0 Å². The Bertz CT molecular complexity index is 429. The topological polar surface area (TPSA) is 47.7 Å². The molecule has 2 rings (SSSR count). The summed E-state index contributed by atoms with van der Waals surface area (Å²) in [6.07, 6.45) is 5.70. The Morgan fingerprint density at radius 2 is 1.95 bits per heavy atom. The predicted molar refractivity (Wildman–Crippen MR) is 86.1 cm³/mol. The summed E-state index contributed by atoms with van der Waals surface area (Å²) >= 11 is 0. The molecule has 0 unspecified atom stereocenters. The lowest BCUT2D eigenvalue weighted by atomic mass is 10.1. The van der Waals surface area contributed by atoms with E-state index in [2.05, 4.69) is 30.1 Å². The van der Waals surface area contributed by atoms with Crippen molar-refractivity contribution >= 4 is 0 Å². The van der Waals surface area contributed by atoms with Crippen molar-refractivity contribution in [2.45, 2.75) is 38.2 Å². The van der Waals surface area contributed by atoms with E-state index in [4.69, 9.17) is 15.2 Å². The summed E-state index contributed by atoms with van der Waals surface area (Å²) in [6.45, 7) is 2.96. The van der Waals surface area contributed by atoms with Crippen LogP contribution in [-0.2, 0) is 6.42 Å². The van der Waals surface area contributed by atoms with Crippen molar-refractivity contribution in [1.29, 1.82) is 0 Å². The smallest absolute Gasteiger partial charge is 0.161 e. The molecule has 1 aliphatic rings. The zero-order chi connectivity index (χ0) is 15.1. The van der Waals surface area contributed by atoms with Gasteiger partial charge in [-0.1, -0.05) is 6.07 Å². The zero-order valence-corrected chi connectivity index (χ0v) is 13.3. The first-order valence-electron chi connectivity index (χ1n) is 7.95. The van der Waals surface area contributed by atoms with Gasteiger partial charge in [-0.15, -0.1) is 0 Å². The van der Waals surface area contributed by atoms with Crippen molar-refractivity contribution in [3.05, 3.63) is 23.8 Å². The minimum absolute atomic E-state index is 0.304. The largest absolute Gasteiger partial charge is 0.493 e. The van der Waals surface area contributed by atoms with Gasteiger partial charge in [0.15, 0.2) is 11.5 Å². The van der Waals surface area contributed by atoms with Crippen LogP contribution >= 0.6 is 0 Å². The standard InChI is InChI=1S/C17H28N2O2/c1-19-11-8-15(9-12-19)21-16-7-6-14(5-3-4-10-18)13-17(16)20-2/h6-7,13,15H,3-5,8-12,18H2,1-2H3. The molecule has 1 saturated heterocycles. The molecule has 1 aliphatic heterocycles. The highest BCUT2D eigenvalue weighted by molar-refractivity contribution is 5.43. The fourth-order valence-electron chi connectivity index (χ4n) is 2.72. The van der Waals surface area contributed by atoms with Gasteiger partial charge in [0.2, 0.25) is 0 Å². The number of ether oxygens (including phenoxy) is 2. The lowest BCUT2D eigenvalue weighted by Gasteiger charge is -2.29. The van der Waals surface area contributed by atoms with Gasteiger partial charge in [0.25, 0.3) is 0 Å². The maximum Gasteiger partial charge on any atom is 0.161 e. The van der Waals surface area contributed by atoms with Crippen molar-refractivity contribution in [2.75, 3.05) is 33.8 Å².